The molecule has 2 N–H and O–H groups in total. The van der Waals surface area contributed by atoms with E-state index in [9.17, 15) is 21.6 Å². The highest BCUT2D eigenvalue weighted by atomic mass is 32.2. The van der Waals surface area contributed by atoms with Crippen molar-refractivity contribution in [2.75, 3.05) is 12.0 Å². The quantitative estimate of drug-likeness (QED) is 0.392. The van der Waals surface area contributed by atoms with Crippen molar-refractivity contribution in [1.82, 2.24) is 9.97 Å². The third-order valence-electron chi connectivity index (χ3n) is 6.03. The van der Waals surface area contributed by atoms with Crippen LogP contribution in [0.25, 0.3) is 33.2 Å². The van der Waals surface area contributed by atoms with Gasteiger partial charge >= 0.3 is 6.18 Å². The number of nitrogens with two attached hydrogens (primary N) is 1. The first kappa shape index (κ1) is 23.7. The number of pyridine rings is 2. The third kappa shape index (κ3) is 4.23. The minimum Gasteiger partial charge on any atom is -0.383 e. The Kier molecular flexibility index (Phi) is 5.64. The summed E-state index contributed by atoms with van der Waals surface area (Å²) in [6.45, 7) is 3.25. The molecule has 4 rings (SSSR count). The predicted molar refractivity (Wildman–Crippen MR) is 128 cm³/mol. The Bertz CT molecular complexity index is 1510. The molecule has 0 aliphatic heterocycles. The van der Waals surface area contributed by atoms with Gasteiger partial charge in [0.25, 0.3) is 0 Å². The molecule has 0 saturated carbocycles. The molecule has 2 aromatic carbocycles. The highest BCUT2D eigenvalue weighted by Crippen LogP contribution is 2.39. The Balaban J connectivity index is 1.92. The lowest BCUT2D eigenvalue weighted by molar-refractivity contribution is -0.137. The van der Waals surface area contributed by atoms with E-state index in [1.165, 1.54) is 6.26 Å². The van der Waals surface area contributed by atoms with E-state index in [0.29, 0.717) is 34.0 Å². The molecule has 0 amide bonds. The van der Waals surface area contributed by atoms with Gasteiger partial charge in [-0.25, -0.2) is 13.4 Å². The van der Waals surface area contributed by atoms with Crippen LogP contribution >= 0.6 is 0 Å². The Morgan fingerprint density at radius 1 is 0.882 bits per heavy atom. The topological polar surface area (TPSA) is 85.9 Å². The number of sulfone groups is 1. The standard InChI is InChI=1S/C25H22F3N3O2S/c1-24(2,34(3,32)33)21-12-18(11-17-8-5-9-30-22(17)21)15-6-4-7-16(10-15)20-13-19(25(26,27)28)14-31-23(20)29/h4-14H,1-3H3,(H2,29,31). The summed E-state index contributed by atoms with van der Waals surface area (Å²) in [6, 6.07) is 15.1. The highest BCUT2D eigenvalue weighted by molar-refractivity contribution is 7.91. The van der Waals surface area contributed by atoms with Gasteiger partial charge in [0, 0.05) is 29.6 Å². The van der Waals surface area contributed by atoms with Crippen LogP contribution in [0.5, 0.6) is 0 Å². The molecule has 0 spiro atoms. The molecule has 9 heteroatoms. The van der Waals surface area contributed by atoms with Crippen LogP contribution in [0.1, 0.15) is 25.0 Å². The molecule has 4 aromatic rings. The van der Waals surface area contributed by atoms with Crippen molar-refractivity contribution in [1.29, 1.82) is 0 Å². The van der Waals surface area contributed by atoms with Gasteiger partial charge < -0.3 is 5.73 Å². The lowest BCUT2D eigenvalue weighted by Gasteiger charge is -2.25. The second-order valence-electron chi connectivity index (χ2n) is 8.62. The number of benzene rings is 2. The zero-order chi connectivity index (χ0) is 24.9. The van der Waals surface area contributed by atoms with Crippen LogP contribution in [0.4, 0.5) is 19.0 Å². The van der Waals surface area contributed by atoms with Gasteiger partial charge in [-0.15, -0.1) is 0 Å². The maximum Gasteiger partial charge on any atom is 0.417 e. The number of rotatable bonds is 4. The average Bonchev–Trinajstić information content (AvgIpc) is 2.77. The van der Waals surface area contributed by atoms with E-state index in [0.717, 1.165) is 11.5 Å². The van der Waals surface area contributed by atoms with Crippen molar-refractivity contribution in [3.05, 3.63) is 78.1 Å². The number of hydrogen-bond donors (Lipinski definition) is 1. The van der Waals surface area contributed by atoms with Crippen LogP contribution in [0.3, 0.4) is 0 Å². The fourth-order valence-corrected chi connectivity index (χ4v) is 4.30. The Hall–Kier alpha value is -3.46. The number of nitrogens with zero attached hydrogens (tertiary/aromatic N) is 2. The largest absolute Gasteiger partial charge is 0.417 e. The molecule has 176 valence electrons. The van der Waals surface area contributed by atoms with E-state index in [-0.39, 0.29) is 11.4 Å². The smallest absolute Gasteiger partial charge is 0.383 e. The molecule has 0 aliphatic rings. The summed E-state index contributed by atoms with van der Waals surface area (Å²) in [5.74, 6) is -0.0215. The molecule has 5 nitrogen and oxygen atoms in total. The number of anilines is 1. The van der Waals surface area contributed by atoms with Crippen LogP contribution in [0.15, 0.2) is 67.0 Å². The Morgan fingerprint density at radius 2 is 1.59 bits per heavy atom. The normalized spacial score (nSPS) is 12.8. The monoisotopic (exact) mass is 485 g/mol. The van der Waals surface area contributed by atoms with Crippen LogP contribution in [-0.2, 0) is 20.8 Å². The molecule has 0 radical (unpaired) electrons. The summed E-state index contributed by atoms with van der Waals surface area (Å²) in [5.41, 5.74) is 8.13. The fraction of sp³-hybridized carbons (Fsp3) is 0.200. The van der Waals surface area contributed by atoms with E-state index in [4.69, 9.17) is 5.73 Å². The second kappa shape index (κ2) is 8.09. The minimum atomic E-state index is -4.55. The summed E-state index contributed by atoms with van der Waals surface area (Å²) in [4.78, 5) is 8.13. The van der Waals surface area contributed by atoms with Crippen molar-refractivity contribution < 1.29 is 21.6 Å². The first-order chi connectivity index (χ1) is 15.8. The molecule has 0 aliphatic carbocycles. The molecule has 0 saturated heterocycles. The number of alkyl halides is 3. The number of nitrogen functional groups attached to an aromatic ring is 1. The number of fused-ring (bicyclic) bond motifs is 1. The van der Waals surface area contributed by atoms with Gasteiger partial charge in [0.1, 0.15) is 5.82 Å². The van der Waals surface area contributed by atoms with E-state index >= 15 is 0 Å². The molecule has 2 heterocycles. The minimum absolute atomic E-state index is 0.0215. The van der Waals surface area contributed by atoms with Gasteiger partial charge in [0.2, 0.25) is 0 Å². The first-order valence-electron chi connectivity index (χ1n) is 10.3. The SMILES string of the molecule is CC(C)(c1cc(-c2cccc(-c3cc(C(F)(F)F)cnc3N)c2)cc2cccnc12)S(C)(=O)=O. The first-order valence-corrected chi connectivity index (χ1v) is 12.2. The zero-order valence-corrected chi connectivity index (χ0v) is 19.5. The van der Waals surface area contributed by atoms with E-state index in [1.54, 1.807) is 56.4 Å². The van der Waals surface area contributed by atoms with E-state index in [2.05, 4.69) is 9.97 Å². The molecule has 2 aromatic heterocycles. The molecule has 34 heavy (non-hydrogen) atoms. The van der Waals surface area contributed by atoms with Crippen molar-refractivity contribution >= 4 is 26.6 Å². The molecular formula is C25H22F3N3O2S. The Morgan fingerprint density at radius 3 is 2.26 bits per heavy atom. The summed E-state index contributed by atoms with van der Waals surface area (Å²) in [6.07, 6.45) is -1.06. The van der Waals surface area contributed by atoms with Gasteiger partial charge in [0.15, 0.2) is 9.84 Å². The van der Waals surface area contributed by atoms with Crippen LogP contribution in [-0.4, -0.2) is 24.6 Å². The number of aromatic nitrogens is 2. The van der Waals surface area contributed by atoms with Gasteiger partial charge in [-0.05, 0) is 66.4 Å². The number of halogens is 3. The van der Waals surface area contributed by atoms with Crippen LogP contribution in [0, 0.1) is 0 Å². The maximum absolute atomic E-state index is 13.2. The summed E-state index contributed by atoms with van der Waals surface area (Å²) in [5, 5.41) is 0.748. The van der Waals surface area contributed by atoms with E-state index < -0.39 is 26.3 Å². The van der Waals surface area contributed by atoms with Gasteiger partial charge in [-0.2, -0.15) is 13.2 Å². The summed E-state index contributed by atoms with van der Waals surface area (Å²) < 4.78 is 63.6. The third-order valence-corrected chi connectivity index (χ3v) is 8.11. The lowest BCUT2D eigenvalue weighted by Crippen LogP contribution is -2.28. The molecule has 0 fully saturated rings. The molecular weight excluding hydrogens is 463 g/mol. The Labute approximate surface area is 195 Å². The molecule has 0 atom stereocenters. The average molecular weight is 486 g/mol. The molecule has 0 unspecified atom stereocenters. The predicted octanol–water partition coefficient (Wildman–Crippen LogP) is 5.84. The molecule has 0 bridgehead atoms. The van der Waals surface area contributed by atoms with Gasteiger partial charge in [0.05, 0.1) is 15.8 Å². The highest BCUT2D eigenvalue weighted by Gasteiger charge is 2.35. The van der Waals surface area contributed by atoms with Gasteiger partial charge in [-0.1, -0.05) is 24.3 Å². The zero-order valence-electron chi connectivity index (χ0n) is 18.7. The summed E-state index contributed by atoms with van der Waals surface area (Å²) in [7, 11) is -3.49. The van der Waals surface area contributed by atoms with Crippen LogP contribution < -0.4 is 5.73 Å². The summed E-state index contributed by atoms with van der Waals surface area (Å²) >= 11 is 0. The van der Waals surface area contributed by atoms with Gasteiger partial charge in [-0.3, -0.25) is 4.98 Å². The lowest BCUT2D eigenvalue weighted by atomic mass is 9.92. The fourth-order valence-electron chi connectivity index (χ4n) is 3.75. The van der Waals surface area contributed by atoms with Crippen molar-refractivity contribution in [2.24, 2.45) is 0 Å². The second-order valence-corrected chi connectivity index (χ2v) is 11.2. The van der Waals surface area contributed by atoms with Crippen LogP contribution in [0.2, 0.25) is 0 Å². The number of hydrogen-bond acceptors (Lipinski definition) is 5. The van der Waals surface area contributed by atoms with Crippen molar-refractivity contribution in [3.8, 4) is 22.3 Å². The van der Waals surface area contributed by atoms with E-state index in [1.807, 2.05) is 12.1 Å². The maximum atomic E-state index is 13.2. The van der Waals surface area contributed by atoms with Crippen molar-refractivity contribution in [3.63, 3.8) is 0 Å². The van der Waals surface area contributed by atoms with Crippen molar-refractivity contribution in [2.45, 2.75) is 24.8 Å².